The first kappa shape index (κ1) is 16.5. The van der Waals surface area contributed by atoms with Gasteiger partial charge in [0.15, 0.2) is 0 Å². The van der Waals surface area contributed by atoms with Gasteiger partial charge in [-0.3, -0.25) is 0 Å². The predicted octanol–water partition coefficient (Wildman–Crippen LogP) is 5.24. The Kier molecular flexibility index (Phi) is 7.71. The maximum atomic E-state index is 11.6. The first-order valence-electron chi connectivity index (χ1n) is 7.62. The van der Waals surface area contributed by atoms with E-state index in [4.69, 9.17) is 4.74 Å². The van der Waals surface area contributed by atoms with Gasteiger partial charge in [-0.05, 0) is 30.9 Å². The summed E-state index contributed by atoms with van der Waals surface area (Å²) in [5, 5.41) is 0. The number of allylic oxidation sites excluding steroid dienone is 1. The van der Waals surface area contributed by atoms with Crippen LogP contribution in [0.2, 0.25) is 0 Å². The zero-order valence-electron chi connectivity index (χ0n) is 12.9. The summed E-state index contributed by atoms with van der Waals surface area (Å²) in [6.07, 6.45) is 9.34. The van der Waals surface area contributed by atoms with E-state index in [9.17, 15) is 4.79 Å². The number of carbonyl (C=O) groups excluding carboxylic acids is 1. The summed E-state index contributed by atoms with van der Waals surface area (Å²) in [5.41, 5.74) is 1.13. The lowest BCUT2D eigenvalue weighted by molar-refractivity contribution is -0.129. The van der Waals surface area contributed by atoms with Crippen molar-refractivity contribution in [3.63, 3.8) is 0 Å². The number of rotatable bonds is 8. The fourth-order valence-electron chi connectivity index (χ4n) is 2.29. The van der Waals surface area contributed by atoms with Crippen molar-refractivity contribution in [2.45, 2.75) is 58.8 Å². The summed E-state index contributed by atoms with van der Waals surface area (Å²) in [4.78, 5) is 11.6. The van der Waals surface area contributed by atoms with Crippen molar-refractivity contribution in [1.82, 2.24) is 0 Å². The molecule has 0 spiro atoms. The lowest BCUT2D eigenvalue weighted by atomic mass is 9.94. The summed E-state index contributed by atoms with van der Waals surface area (Å²) < 4.78 is 5.41. The van der Waals surface area contributed by atoms with E-state index in [0.717, 1.165) is 12.0 Å². The van der Waals surface area contributed by atoms with Gasteiger partial charge in [0, 0.05) is 6.08 Å². The van der Waals surface area contributed by atoms with Gasteiger partial charge in [-0.2, -0.15) is 0 Å². The van der Waals surface area contributed by atoms with E-state index in [-0.39, 0.29) is 5.97 Å². The number of hydrogen-bond acceptors (Lipinski definition) is 2. The molecule has 0 aliphatic heterocycles. The van der Waals surface area contributed by atoms with Crippen LogP contribution < -0.4 is 4.74 Å². The second-order valence-corrected chi connectivity index (χ2v) is 5.21. The number of benzene rings is 1. The van der Waals surface area contributed by atoms with Gasteiger partial charge in [-0.15, -0.1) is 0 Å². The van der Waals surface area contributed by atoms with Gasteiger partial charge in [0.1, 0.15) is 5.75 Å². The van der Waals surface area contributed by atoms with Crippen LogP contribution in [0, 0.1) is 0 Å². The van der Waals surface area contributed by atoms with E-state index in [1.165, 1.54) is 31.8 Å². The Balaban J connectivity index is 2.66. The van der Waals surface area contributed by atoms with Crippen LogP contribution in [0.3, 0.4) is 0 Å². The normalized spacial score (nSPS) is 12.6. The van der Waals surface area contributed by atoms with Crippen LogP contribution in [0.5, 0.6) is 5.75 Å². The van der Waals surface area contributed by atoms with Gasteiger partial charge >= 0.3 is 5.97 Å². The molecular weight excluding hydrogens is 248 g/mol. The lowest BCUT2D eigenvalue weighted by Gasteiger charge is -2.15. The molecule has 1 aromatic rings. The first-order valence-corrected chi connectivity index (χ1v) is 7.62. The van der Waals surface area contributed by atoms with Crippen molar-refractivity contribution in [2.24, 2.45) is 0 Å². The molecule has 0 fully saturated rings. The molecule has 1 aromatic carbocycles. The van der Waals surface area contributed by atoms with Gasteiger partial charge < -0.3 is 4.74 Å². The molecule has 1 atom stereocenters. The van der Waals surface area contributed by atoms with Crippen LogP contribution >= 0.6 is 0 Å². The molecule has 0 heterocycles. The molecule has 0 saturated heterocycles. The van der Waals surface area contributed by atoms with Crippen LogP contribution in [-0.4, -0.2) is 5.97 Å². The van der Waals surface area contributed by atoms with Gasteiger partial charge in [-0.25, -0.2) is 4.79 Å². The van der Waals surface area contributed by atoms with Gasteiger partial charge in [0.2, 0.25) is 0 Å². The third-order valence-electron chi connectivity index (χ3n) is 3.45. The number of ether oxygens (including phenoxy) is 1. The number of para-hydroxylation sites is 1. The molecule has 0 saturated carbocycles. The van der Waals surface area contributed by atoms with Crippen LogP contribution in [0.1, 0.15) is 64.4 Å². The van der Waals surface area contributed by atoms with Crippen molar-refractivity contribution in [3.05, 3.63) is 42.0 Å². The molecule has 0 amide bonds. The lowest BCUT2D eigenvalue weighted by Crippen LogP contribution is -2.07. The van der Waals surface area contributed by atoms with E-state index >= 15 is 0 Å². The summed E-state index contributed by atoms with van der Waals surface area (Å²) in [7, 11) is 0. The molecule has 1 unspecified atom stereocenters. The van der Waals surface area contributed by atoms with Crippen LogP contribution in [0.4, 0.5) is 0 Å². The van der Waals surface area contributed by atoms with E-state index < -0.39 is 0 Å². The summed E-state index contributed by atoms with van der Waals surface area (Å²) in [6.45, 7) is 6.23. The highest BCUT2D eigenvalue weighted by Crippen LogP contribution is 2.30. The molecule has 2 nitrogen and oxygen atoms in total. The Hall–Kier alpha value is -1.57. The quantitative estimate of drug-likeness (QED) is 0.280. The highest BCUT2D eigenvalue weighted by molar-refractivity contribution is 5.84. The van der Waals surface area contributed by atoms with Gasteiger partial charge in [0.05, 0.1) is 0 Å². The minimum atomic E-state index is -0.307. The largest absolute Gasteiger partial charge is 0.423 e. The molecule has 0 N–H and O–H groups in total. The molecule has 110 valence electrons. The Morgan fingerprint density at radius 3 is 2.70 bits per heavy atom. The fourth-order valence-corrected chi connectivity index (χ4v) is 2.29. The molecular formula is C18H26O2. The smallest absolute Gasteiger partial charge is 0.335 e. The monoisotopic (exact) mass is 274 g/mol. The third-order valence-corrected chi connectivity index (χ3v) is 3.45. The molecule has 0 bridgehead atoms. The van der Waals surface area contributed by atoms with E-state index in [2.05, 4.69) is 19.9 Å². The number of esters is 1. The van der Waals surface area contributed by atoms with Crippen molar-refractivity contribution < 1.29 is 9.53 Å². The molecule has 0 aliphatic carbocycles. The second kappa shape index (κ2) is 9.35. The third kappa shape index (κ3) is 5.60. The summed E-state index contributed by atoms with van der Waals surface area (Å²) in [6, 6.07) is 7.85. The van der Waals surface area contributed by atoms with Crippen molar-refractivity contribution in [1.29, 1.82) is 0 Å². The molecule has 0 radical (unpaired) electrons. The Labute approximate surface area is 122 Å². The van der Waals surface area contributed by atoms with Gasteiger partial charge in [0.25, 0.3) is 0 Å². The van der Waals surface area contributed by atoms with Crippen LogP contribution in [0.25, 0.3) is 0 Å². The zero-order chi connectivity index (χ0) is 14.8. The van der Waals surface area contributed by atoms with Crippen molar-refractivity contribution >= 4 is 5.97 Å². The SMILES string of the molecule is CC=CC(=O)Oc1ccccc1C(C)CCCCCC. The topological polar surface area (TPSA) is 26.3 Å². The Morgan fingerprint density at radius 2 is 2.00 bits per heavy atom. The number of carbonyl (C=O) groups is 1. The van der Waals surface area contributed by atoms with Crippen molar-refractivity contribution in [2.75, 3.05) is 0 Å². The molecule has 20 heavy (non-hydrogen) atoms. The Bertz CT molecular complexity index is 435. The second-order valence-electron chi connectivity index (χ2n) is 5.21. The van der Waals surface area contributed by atoms with E-state index in [1.807, 2.05) is 25.1 Å². The standard InChI is InChI=1S/C18H26O2/c1-4-6-7-8-12-15(3)16-13-9-10-14-17(16)20-18(19)11-5-2/h5,9-11,13-15H,4,6-8,12H2,1-3H3. The highest BCUT2D eigenvalue weighted by atomic mass is 16.5. The average molecular weight is 274 g/mol. The van der Waals surface area contributed by atoms with Gasteiger partial charge in [-0.1, -0.05) is 63.8 Å². The molecule has 0 aliphatic rings. The minimum absolute atomic E-state index is 0.307. The maximum absolute atomic E-state index is 11.6. The zero-order valence-corrected chi connectivity index (χ0v) is 12.9. The molecule has 0 aromatic heterocycles. The summed E-state index contributed by atoms with van der Waals surface area (Å²) in [5.74, 6) is 0.804. The number of unbranched alkanes of at least 4 members (excludes halogenated alkanes) is 3. The Morgan fingerprint density at radius 1 is 1.25 bits per heavy atom. The van der Waals surface area contributed by atoms with Crippen molar-refractivity contribution in [3.8, 4) is 5.75 Å². The fraction of sp³-hybridized carbons (Fsp3) is 0.500. The van der Waals surface area contributed by atoms with Crippen LogP contribution in [-0.2, 0) is 4.79 Å². The highest BCUT2D eigenvalue weighted by Gasteiger charge is 2.12. The number of hydrogen-bond donors (Lipinski definition) is 0. The minimum Gasteiger partial charge on any atom is -0.423 e. The molecule has 1 rings (SSSR count). The van der Waals surface area contributed by atoms with E-state index in [1.54, 1.807) is 6.08 Å². The molecule has 2 heteroatoms. The predicted molar refractivity (Wildman–Crippen MR) is 84.1 cm³/mol. The maximum Gasteiger partial charge on any atom is 0.335 e. The first-order chi connectivity index (χ1) is 9.69. The van der Waals surface area contributed by atoms with E-state index in [0.29, 0.717) is 11.7 Å². The summed E-state index contributed by atoms with van der Waals surface area (Å²) >= 11 is 0. The average Bonchev–Trinajstić information content (AvgIpc) is 2.44. The van der Waals surface area contributed by atoms with Crippen LogP contribution in [0.15, 0.2) is 36.4 Å².